The Labute approximate surface area is 203 Å². The molecule has 4 aromatic rings. The fourth-order valence-corrected chi connectivity index (χ4v) is 5.05. The molecular formula is C28H25N5O2. The summed E-state index contributed by atoms with van der Waals surface area (Å²) >= 11 is 0. The van der Waals surface area contributed by atoms with E-state index in [9.17, 15) is 10.1 Å². The maximum Gasteiger partial charge on any atom is 0.254 e. The van der Waals surface area contributed by atoms with E-state index >= 15 is 0 Å². The lowest BCUT2D eigenvalue weighted by atomic mass is 10.0. The first kappa shape index (κ1) is 21.4. The van der Waals surface area contributed by atoms with Gasteiger partial charge in [-0.1, -0.05) is 24.3 Å². The molecular weight excluding hydrogens is 438 g/mol. The third-order valence-electron chi connectivity index (χ3n) is 6.92. The van der Waals surface area contributed by atoms with Crippen molar-refractivity contribution in [2.24, 2.45) is 0 Å². The Balaban J connectivity index is 1.45. The molecule has 2 aliphatic rings. The standard InChI is InChI=1S/C28H25N5O2/c29-14-21-5-4-19-12-27(21)35-24-7-6-20-2-1-3-25(26(20)13-24)28(34)32-11-9-22(17-32)31-10-8-23-15-30-18-33(23)16-19/h1-7,12-13,15,18,22,31H,8-11,16-17H2/t22-/m0/s1. The van der Waals surface area contributed by atoms with Crippen molar-refractivity contribution >= 4 is 16.7 Å². The van der Waals surface area contributed by atoms with Crippen LogP contribution in [0.2, 0.25) is 0 Å². The summed E-state index contributed by atoms with van der Waals surface area (Å²) in [5.74, 6) is 1.13. The summed E-state index contributed by atoms with van der Waals surface area (Å²) in [4.78, 5) is 19.8. The van der Waals surface area contributed by atoms with Crippen LogP contribution in [0, 0.1) is 11.3 Å². The molecule has 0 saturated carbocycles. The molecule has 6 rings (SSSR count). The maximum absolute atomic E-state index is 13.5. The number of hydrogen-bond donors (Lipinski definition) is 1. The second kappa shape index (κ2) is 8.90. The summed E-state index contributed by atoms with van der Waals surface area (Å²) in [6.45, 7) is 2.89. The number of aromatic nitrogens is 2. The Morgan fingerprint density at radius 1 is 1.14 bits per heavy atom. The third kappa shape index (κ3) is 4.13. The van der Waals surface area contributed by atoms with Gasteiger partial charge in [-0.3, -0.25) is 4.79 Å². The molecule has 7 nitrogen and oxygen atoms in total. The third-order valence-corrected chi connectivity index (χ3v) is 6.92. The Morgan fingerprint density at radius 3 is 3.00 bits per heavy atom. The Bertz CT molecular complexity index is 1470. The van der Waals surface area contributed by atoms with E-state index in [0.29, 0.717) is 35.7 Å². The maximum atomic E-state index is 13.5. The topological polar surface area (TPSA) is 83.2 Å². The monoisotopic (exact) mass is 463 g/mol. The highest BCUT2D eigenvalue weighted by Gasteiger charge is 2.27. The predicted molar refractivity (Wildman–Crippen MR) is 133 cm³/mol. The molecule has 1 saturated heterocycles. The summed E-state index contributed by atoms with van der Waals surface area (Å²) in [6.07, 6.45) is 5.52. The van der Waals surface area contributed by atoms with Crippen molar-refractivity contribution < 1.29 is 9.53 Å². The van der Waals surface area contributed by atoms with Crippen LogP contribution in [0.1, 0.15) is 33.6 Å². The van der Waals surface area contributed by atoms with Crippen molar-refractivity contribution in [3.05, 3.63) is 89.5 Å². The summed E-state index contributed by atoms with van der Waals surface area (Å²) in [7, 11) is 0. The van der Waals surface area contributed by atoms with Gasteiger partial charge < -0.3 is 19.5 Å². The van der Waals surface area contributed by atoms with Crippen LogP contribution in [0.25, 0.3) is 10.8 Å². The van der Waals surface area contributed by atoms with Crippen molar-refractivity contribution in [2.45, 2.75) is 25.4 Å². The van der Waals surface area contributed by atoms with Gasteiger partial charge in [0.25, 0.3) is 5.91 Å². The first-order valence-corrected chi connectivity index (χ1v) is 11.9. The number of carbonyl (C=O) groups excluding carboxylic acids is 1. The van der Waals surface area contributed by atoms with Gasteiger partial charge in [0, 0.05) is 56.1 Å². The fraction of sp³-hybridized carbons (Fsp3) is 0.250. The first-order chi connectivity index (χ1) is 17.2. The van der Waals surface area contributed by atoms with Crippen molar-refractivity contribution in [3.63, 3.8) is 0 Å². The molecule has 1 aromatic heterocycles. The van der Waals surface area contributed by atoms with Gasteiger partial charge in [-0.2, -0.15) is 5.26 Å². The summed E-state index contributed by atoms with van der Waals surface area (Å²) in [5, 5.41) is 15.1. The number of imidazole rings is 1. The highest BCUT2D eigenvalue weighted by Crippen LogP contribution is 2.31. The largest absolute Gasteiger partial charge is 0.456 e. The van der Waals surface area contributed by atoms with Gasteiger partial charge in [0.05, 0.1) is 11.9 Å². The molecule has 6 bridgehead atoms. The molecule has 1 N–H and O–H groups in total. The number of nitrogens with zero attached hydrogens (tertiary/aromatic N) is 4. The van der Waals surface area contributed by atoms with Crippen molar-refractivity contribution in [2.75, 3.05) is 19.6 Å². The summed E-state index contributed by atoms with van der Waals surface area (Å²) < 4.78 is 8.36. The van der Waals surface area contributed by atoms with E-state index in [2.05, 4.69) is 20.9 Å². The minimum Gasteiger partial charge on any atom is -0.456 e. The van der Waals surface area contributed by atoms with Gasteiger partial charge in [0.15, 0.2) is 0 Å². The van der Waals surface area contributed by atoms with Gasteiger partial charge in [-0.05, 0) is 53.1 Å². The molecule has 7 heteroatoms. The second-order valence-corrected chi connectivity index (χ2v) is 9.19. The van der Waals surface area contributed by atoms with Crippen LogP contribution in [0.5, 0.6) is 11.5 Å². The molecule has 1 amide bonds. The number of carbonyl (C=O) groups is 1. The lowest BCUT2D eigenvalue weighted by molar-refractivity contribution is 0.0791. The van der Waals surface area contributed by atoms with Gasteiger partial charge in [0.1, 0.15) is 17.6 Å². The van der Waals surface area contributed by atoms with E-state index in [1.54, 1.807) is 6.07 Å². The molecule has 3 aromatic carbocycles. The van der Waals surface area contributed by atoms with Crippen molar-refractivity contribution in [3.8, 4) is 17.6 Å². The molecule has 0 unspecified atom stereocenters. The number of fused-ring (bicyclic) bond motifs is 6. The number of nitriles is 1. The molecule has 3 heterocycles. The molecule has 174 valence electrons. The Kier molecular flexibility index (Phi) is 5.44. The highest BCUT2D eigenvalue weighted by molar-refractivity contribution is 6.07. The van der Waals surface area contributed by atoms with Crippen LogP contribution in [-0.2, 0) is 13.0 Å². The molecule has 1 fully saturated rings. The van der Waals surface area contributed by atoms with Gasteiger partial charge in [0.2, 0.25) is 0 Å². The van der Waals surface area contributed by atoms with E-state index in [0.717, 1.165) is 48.0 Å². The zero-order valence-electron chi connectivity index (χ0n) is 19.3. The normalized spacial score (nSPS) is 18.0. The van der Waals surface area contributed by atoms with Crippen LogP contribution in [0.3, 0.4) is 0 Å². The van der Waals surface area contributed by atoms with E-state index in [1.165, 1.54) is 0 Å². The number of benzene rings is 3. The molecule has 0 spiro atoms. The van der Waals surface area contributed by atoms with Crippen molar-refractivity contribution in [1.29, 1.82) is 5.26 Å². The molecule has 35 heavy (non-hydrogen) atoms. The summed E-state index contributed by atoms with van der Waals surface area (Å²) in [5.41, 5.74) is 3.30. The average molecular weight is 464 g/mol. The number of rotatable bonds is 0. The van der Waals surface area contributed by atoms with E-state index < -0.39 is 0 Å². The van der Waals surface area contributed by atoms with Gasteiger partial charge in [-0.15, -0.1) is 0 Å². The number of ether oxygens (including phenoxy) is 1. The minimum atomic E-state index is 0.0379. The first-order valence-electron chi connectivity index (χ1n) is 11.9. The molecule has 0 radical (unpaired) electrons. The second-order valence-electron chi connectivity index (χ2n) is 9.19. The number of hydrogen-bond acceptors (Lipinski definition) is 5. The fourth-order valence-electron chi connectivity index (χ4n) is 5.05. The van der Waals surface area contributed by atoms with Crippen molar-refractivity contribution in [1.82, 2.24) is 19.8 Å². The van der Waals surface area contributed by atoms with Crippen LogP contribution in [0.15, 0.2) is 67.1 Å². The lowest BCUT2D eigenvalue weighted by Crippen LogP contribution is -2.36. The lowest BCUT2D eigenvalue weighted by Gasteiger charge is -2.19. The average Bonchev–Trinajstić information content (AvgIpc) is 3.53. The van der Waals surface area contributed by atoms with Gasteiger partial charge in [-0.25, -0.2) is 4.98 Å². The van der Waals surface area contributed by atoms with Gasteiger partial charge >= 0.3 is 0 Å². The van der Waals surface area contributed by atoms with E-state index in [4.69, 9.17) is 4.74 Å². The predicted octanol–water partition coefficient (Wildman–Crippen LogP) is 4.11. The Hall–Kier alpha value is -4.15. The zero-order chi connectivity index (χ0) is 23.8. The number of amides is 1. The zero-order valence-corrected chi connectivity index (χ0v) is 19.3. The SMILES string of the molecule is N#Cc1ccc2cc1Oc1ccc3cccc(c3c1)C(=O)N1CC[C@@H](C1)NCCc1cncn1C2. The van der Waals surface area contributed by atoms with Crippen LogP contribution < -0.4 is 10.1 Å². The van der Waals surface area contributed by atoms with E-state index in [1.807, 2.05) is 66.0 Å². The van der Waals surface area contributed by atoms with Crippen LogP contribution in [0.4, 0.5) is 0 Å². The molecule has 1 atom stereocenters. The molecule has 0 aliphatic carbocycles. The van der Waals surface area contributed by atoms with E-state index in [-0.39, 0.29) is 11.9 Å². The smallest absolute Gasteiger partial charge is 0.254 e. The quantitative estimate of drug-likeness (QED) is 0.424. The summed E-state index contributed by atoms with van der Waals surface area (Å²) in [6, 6.07) is 19.7. The highest BCUT2D eigenvalue weighted by atomic mass is 16.5. The molecule has 2 aliphatic heterocycles. The van der Waals surface area contributed by atoms with Crippen LogP contribution >= 0.6 is 0 Å². The minimum absolute atomic E-state index is 0.0379. The number of nitrogens with one attached hydrogen (secondary N) is 1. The van der Waals surface area contributed by atoms with Crippen LogP contribution in [-0.4, -0.2) is 46.0 Å². The Morgan fingerprint density at radius 2 is 2.09 bits per heavy atom.